The smallest absolute Gasteiger partial charge is 0.329 e. The molecule has 1 aromatic heterocycles. The molecule has 0 fully saturated rings. The molecule has 0 aliphatic carbocycles. The molecule has 0 saturated heterocycles. The maximum Gasteiger partial charge on any atom is 0.329 e. The fourth-order valence-corrected chi connectivity index (χ4v) is 2.16. The number of unbranched alkanes of at least 4 members (excludes halogenated alkanes) is 1. The Labute approximate surface area is 147 Å². The van der Waals surface area contributed by atoms with Gasteiger partial charge < -0.3 is 15.2 Å². The molecule has 0 aliphatic rings. The minimum Gasteiger partial charge on any atom is -0.455 e. The van der Waals surface area contributed by atoms with E-state index >= 15 is 0 Å². The molecule has 2 aromatic rings. The molecule has 2 rings (SSSR count). The lowest BCUT2D eigenvalue weighted by molar-refractivity contribution is -0.00539. The van der Waals surface area contributed by atoms with Crippen molar-refractivity contribution in [1.29, 1.82) is 0 Å². The highest BCUT2D eigenvalue weighted by atomic mass is 32.1. The summed E-state index contributed by atoms with van der Waals surface area (Å²) in [5, 5.41) is 0. The molecule has 0 saturated carbocycles. The molecular weight excluding hydrogens is 326 g/mol. The Morgan fingerprint density at radius 3 is 2.79 bits per heavy atom. The summed E-state index contributed by atoms with van der Waals surface area (Å²) in [6.45, 7) is 2.10. The number of amides is 2. The molecule has 6 nitrogen and oxygen atoms in total. The van der Waals surface area contributed by atoms with Crippen molar-refractivity contribution in [2.45, 2.75) is 32.5 Å². The molecule has 0 spiro atoms. The number of rotatable bonds is 8. The van der Waals surface area contributed by atoms with E-state index in [1.165, 1.54) is 0 Å². The second kappa shape index (κ2) is 9.02. The number of nitrogens with zero attached hydrogens (tertiary/aromatic N) is 2. The maximum absolute atomic E-state index is 11.2. The number of hydrogen-bond donors (Lipinski definition) is 2. The summed E-state index contributed by atoms with van der Waals surface area (Å²) in [7, 11) is 0. The SMILES string of the molecule is CCCCC(Oc1cccc(N(S)C(N)=O)c1)Oc1ccccn1. The maximum atomic E-state index is 11.2. The monoisotopic (exact) mass is 347 g/mol. The standard InChI is InChI=1S/C17H21N3O3S/c1-2-3-10-16(23-15-9-4-5-11-19-15)22-14-8-6-7-13(12-14)20(24)17(18)21/h4-9,11-12,16,24H,2-3,10H2,1H3,(H2,18,21). The number of anilines is 1. The summed E-state index contributed by atoms with van der Waals surface area (Å²) in [6, 6.07) is 11.7. The van der Waals surface area contributed by atoms with Gasteiger partial charge in [0.2, 0.25) is 12.2 Å². The van der Waals surface area contributed by atoms with Crippen molar-refractivity contribution < 1.29 is 14.3 Å². The van der Waals surface area contributed by atoms with Gasteiger partial charge in [-0.2, -0.15) is 0 Å². The molecule has 1 atom stereocenters. The van der Waals surface area contributed by atoms with Crippen molar-refractivity contribution in [1.82, 2.24) is 4.98 Å². The number of pyridine rings is 1. The molecule has 0 radical (unpaired) electrons. The summed E-state index contributed by atoms with van der Waals surface area (Å²) in [6.07, 6.45) is 3.89. The van der Waals surface area contributed by atoms with Crippen molar-refractivity contribution in [2.24, 2.45) is 5.73 Å². The highest BCUT2D eigenvalue weighted by Gasteiger charge is 2.14. The highest BCUT2D eigenvalue weighted by Crippen LogP contribution is 2.24. The summed E-state index contributed by atoms with van der Waals surface area (Å²) in [5.41, 5.74) is 5.75. The minimum absolute atomic E-state index is 0.475. The van der Waals surface area contributed by atoms with Crippen LogP contribution in [-0.4, -0.2) is 17.3 Å². The first-order valence-corrected chi connectivity index (χ1v) is 8.13. The van der Waals surface area contributed by atoms with Crippen molar-refractivity contribution in [2.75, 3.05) is 4.31 Å². The molecule has 0 bridgehead atoms. The van der Waals surface area contributed by atoms with Crippen LogP contribution in [0.15, 0.2) is 48.7 Å². The average molecular weight is 347 g/mol. The van der Waals surface area contributed by atoms with Crippen LogP contribution in [0.5, 0.6) is 11.6 Å². The second-order valence-electron chi connectivity index (χ2n) is 5.12. The number of hydrogen-bond acceptors (Lipinski definition) is 5. The third-order valence-electron chi connectivity index (χ3n) is 3.22. The Balaban J connectivity index is 2.10. The second-order valence-corrected chi connectivity index (χ2v) is 5.52. The lowest BCUT2D eigenvalue weighted by Gasteiger charge is -2.21. The molecule has 7 heteroatoms. The molecule has 2 N–H and O–H groups in total. The van der Waals surface area contributed by atoms with Crippen LogP contribution >= 0.6 is 12.8 Å². The van der Waals surface area contributed by atoms with Gasteiger partial charge in [-0.25, -0.2) is 14.1 Å². The Bertz CT molecular complexity index is 655. The van der Waals surface area contributed by atoms with Crippen molar-refractivity contribution in [3.05, 3.63) is 48.7 Å². The first-order chi connectivity index (χ1) is 11.6. The van der Waals surface area contributed by atoms with E-state index in [0.717, 1.165) is 23.6 Å². The van der Waals surface area contributed by atoms with E-state index in [4.69, 9.17) is 15.2 Å². The van der Waals surface area contributed by atoms with Crippen LogP contribution < -0.4 is 19.5 Å². The van der Waals surface area contributed by atoms with E-state index in [1.54, 1.807) is 36.5 Å². The van der Waals surface area contributed by atoms with Crippen molar-refractivity contribution >= 4 is 24.5 Å². The van der Waals surface area contributed by atoms with Crippen LogP contribution in [0.25, 0.3) is 0 Å². The molecule has 1 unspecified atom stereocenters. The van der Waals surface area contributed by atoms with E-state index in [9.17, 15) is 4.79 Å². The highest BCUT2D eigenvalue weighted by molar-refractivity contribution is 7.82. The summed E-state index contributed by atoms with van der Waals surface area (Å²) in [5.74, 6) is 1.06. The number of nitrogens with two attached hydrogens (primary N) is 1. The Morgan fingerprint density at radius 2 is 2.12 bits per heavy atom. The van der Waals surface area contributed by atoms with Crippen molar-refractivity contribution in [3.63, 3.8) is 0 Å². The average Bonchev–Trinajstić information content (AvgIpc) is 2.60. The number of primary amides is 1. The van der Waals surface area contributed by atoms with E-state index < -0.39 is 12.3 Å². The number of benzene rings is 1. The van der Waals surface area contributed by atoms with Gasteiger partial charge >= 0.3 is 6.03 Å². The van der Waals surface area contributed by atoms with Crippen LogP contribution in [0.3, 0.4) is 0 Å². The van der Waals surface area contributed by atoms with E-state index in [2.05, 4.69) is 24.7 Å². The molecule has 0 aliphatic heterocycles. The number of carbonyl (C=O) groups excluding carboxylic acids is 1. The van der Waals surface area contributed by atoms with Gasteiger partial charge in [0.25, 0.3) is 0 Å². The zero-order valence-electron chi connectivity index (χ0n) is 13.5. The Morgan fingerprint density at radius 1 is 1.29 bits per heavy atom. The number of urea groups is 1. The van der Waals surface area contributed by atoms with Crippen LogP contribution in [0, 0.1) is 0 Å². The predicted octanol–water partition coefficient (Wildman–Crippen LogP) is 3.79. The molecular formula is C17H21N3O3S. The minimum atomic E-state index is -0.664. The van der Waals surface area contributed by atoms with E-state index in [0.29, 0.717) is 17.3 Å². The third-order valence-corrected chi connectivity index (χ3v) is 3.65. The first-order valence-electron chi connectivity index (χ1n) is 7.73. The Kier molecular flexibility index (Phi) is 6.74. The van der Waals surface area contributed by atoms with E-state index in [1.807, 2.05) is 12.1 Å². The van der Waals surface area contributed by atoms with E-state index in [-0.39, 0.29) is 0 Å². The van der Waals surface area contributed by atoms with Gasteiger partial charge in [0.15, 0.2) is 0 Å². The summed E-state index contributed by atoms with van der Waals surface area (Å²) < 4.78 is 12.8. The lowest BCUT2D eigenvalue weighted by Crippen LogP contribution is -2.27. The molecule has 1 heterocycles. The normalized spacial score (nSPS) is 11.6. The van der Waals surface area contributed by atoms with Crippen LogP contribution in [0.2, 0.25) is 0 Å². The van der Waals surface area contributed by atoms with Crippen LogP contribution in [0.4, 0.5) is 10.5 Å². The zero-order chi connectivity index (χ0) is 17.4. The topological polar surface area (TPSA) is 77.7 Å². The van der Waals surface area contributed by atoms with Crippen LogP contribution in [-0.2, 0) is 0 Å². The fraction of sp³-hybridized carbons (Fsp3) is 0.294. The van der Waals surface area contributed by atoms with Gasteiger partial charge in [-0.15, -0.1) is 0 Å². The van der Waals surface area contributed by atoms with Gasteiger partial charge in [-0.05, 0) is 24.6 Å². The molecule has 24 heavy (non-hydrogen) atoms. The number of ether oxygens (including phenoxy) is 2. The molecule has 2 amide bonds. The zero-order valence-corrected chi connectivity index (χ0v) is 14.4. The summed E-state index contributed by atoms with van der Waals surface area (Å²) >= 11 is 4.05. The third kappa shape index (κ3) is 5.34. The summed E-state index contributed by atoms with van der Waals surface area (Å²) in [4.78, 5) is 15.4. The van der Waals surface area contributed by atoms with Gasteiger partial charge in [-0.1, -0.05) is 38.3 Å². The van der Waals surface area contributed by atoms with Gasteiger partial charge in [0, 0.05) is 24.8 Å². The number of carbonyl (C=O) groups is 1. The van der Waals surface area contributed by atoms with Crippen molar-refractivity contribution in [3.8, 4) is 11.6 Å². The predicted molar refractivity (Wildman–Crippen MR) is 96.3 cm³/mol. The molecule has 1 aromatic carbocycles. The van der Waals surface area contributed by atoms with Gasteiger partial charge in [0.05, 0.1) is 5.69 Å². The van der Waals surface area contributed by atoms with Crippen LogP contribution in [0.1, 0.15) is 26.2 Å². The number of thiol groups is 1. The lowest BCUT2D eigenvalue weighted by atomic mass is 10.2. The number of aromatic nitrogens is 1. The first kappa shape index (κ1) is 17.9. The quantitative estimate of drug-likeness (QED) is 0.563. The largest absolute Gasteiger partial charge is 0.455 e. The Hall–Kier alpha value is -2.41. The van der Waals surface area contributed by atoms with Gasteiger partial charge in [-0.3, -0.25) is 0 Å². The molecule has 128 valence electrons. The van der Waals surface area contributed by atoms with Gasteiger partial charge in [0.1, 0.15) is 5.75 Å². The fourth-order valence-electron chi connectivity index (χ4n) is 2.03.